The van der Waals surface area contributed by atoms with E-state index in [1.807, 2.05) is 24.3 Å². The van der Waals surface area contributed by atoms with Crippen LogP contribution in [0.2, 0.25) is 0 Å². The summed E-state index contributed by atoms with van der Waals surface area (Å²) < 4.78 is 0. The molecular weight excluding hydrogens is 546 g/mol. The number of aryl methyl sites for hydroxylation is 2. The largest absolute Gasteiger partial charge is 0.508 e. The van der Waals surface area contributed by atoms with Crippen LogP contribution in [0.15, 0.2) is 70.9 Å². The van der Waals surface area contributed by atoms with E-state index in [1.54, 1.807) is 50.5 Å². The van der Waals surface area contributed by atoms with Gasteiger partial charge in [-0.2, -0.15) is 10.2 Å². The van der Waals surface area contributed by atoms with Crippen LogP contribution in [0.1, 0.15) is 64.6 Å². The normalized spacial score (nSPS) is 14.6. The molecule has 218 valence electrons. The summed E-state index contributed by atoms with van der Waals surface area (Å²) in [7, 11) is 0. The standard InChI is InChI=1S/C30H31N11O2/c1-20-33-35-37-40(20)31-18-22-9-11-28(42)26(15-22)30(24-7-6-8-25(17-24)39-13-4-3-5-14-39)27-16-23(10-12-29(27)43)19-32-41-21(2)34-36-38-41/h6-12,15-19,30,42-43H,3-5,13-14H2,1-2H3. The zero-order valence-corrected chi connectivity index (χ0v) is 23.9. The van der Waals surface area contributed by atoms with Crippen LogP contribution < -0.4 is 4.90 Å². The summed E-state index contributed by atoms with van der Waals surface area (Å²) in [5.41, 5.74) is 4.70. The molecule has 1 fully saturated rings. The Morgan fingerprint density at radius 2 is 1.28 bits per heavy atom. The fraction of sp³-hybridized carbons (Fsp3) is 0.267. The number of hydrogen-bond donors (Lipinski definition) is 2. The van der Waals surface area contributed by atoms with Crippen molar-refractivity contribution >= 4 is 18.1 Å². The first-order valence-corrected chi connectivity index (χ1v) is 14.1. The Hall–Kier alpha value is -5.46. The Labute approximate surface area is 247 Å². The van der Waals surface area contributed by atoms with Gasteiger partial charge in [0.05, 0.1) is 12.4 Å². The molecule has 1 aliphatic rings. The van der Waals surface area contributed by atoms with Crippen molar-refractivity contribution in [3.05, 3.63) is 100 Å². The fourth-order valence-corrected chi connectivity index (χ4v) is 5.26. The number of phenolic OH excluding ortho intramolecular Hbond substituents is 2. The molecule has 0 atom stereocenters. The van der Waals surface area contributed by atoms with E-state index in [0.717, 1.165) is 48.3 Å². The van der Waals surface area contributed by atoms with Crippen molar-refractivity contribution in [3.8, 4) is 11.5 Å². The molecule has 3 heterocycles. The highest BCUT2D eigenvalue weighted by atomic mass is 16.3. The molecule has 0 bridgehead atoms. The zero-order chi connectivity index (χ0) is 29.8. The summed E-state index contributed by atoms with van der Waals surface area (Å²) in [4.78, 5) is 5.04. The Morgan fingerprint density at radius 1 is 0.721 bits per heavy atom. The molecule has 13 nitrogen and oxygen atoms in total. The Morgan fingerprint density at radius 3 is 1.79 bits per heavy atom. The molecule has 1 saturated heterocycles. The number of phenols is 2. The first-order valence-electron chi connectivity index (χ1n) is 14.1. The summed E-state index contributed by atoms with van der Waals surface area (Å²) in [6.45, 7) is 5.50. The number of rotatable bonds is 8. The van der Waals surface area contributed by atoms with Crippen molar-refractivity contribution in [1.82, 2.24) is 40.6 Å². The summed E-state index contributed by atoms with van der Waals surface area (Å²) in [6, 6.07) is 18.8. The number of nitrogens with zero attached hydrogens (tertiary/aromatic N) is 11. The average Bonchev–Trinajstić information content (AvgIpc) is 3.65. The van der Waals surface area contributed by atoms with Crippen LogP contribution in [0.3, 0.4) is 0 Å². The molecule has 2 aromatic heterocycles. The highest BCUT2D eigenvalue weighted by Gasteiger charge is 2.25. The SMILES string of the molecule is Cc1nnnn1N=Cc1ccc(O)c(C(c2cccc(N3CCCCC3)c2)c2cc(C=Nn3nnnc3C)ccc2O)c1. The van der Waals surface area contributed by atoms with Crippen molar-refractivity contribution < 1.29 is 10.2 Å². The van der Waals surface area contributed by atoms with E-state index in [-0.39, 0.29) is 11.5 Å². The number of tetrazole rings is 2. The molecule has 1 aliphatic heterocycles. The van der Waals surface area contributed by atoms with Crippen molar-refractivity contribution in [1.29, 1.82) is 0 Å². The summed E-state index contributed by atoms with van der Waals surface area (Å²) >= 11 is 0. The van der Waals surface area contributed by atoms with E-state index in [9.17, 15) is 10.2 Å². The van der Waals surface area contributed by atoms with E-state index in [0.29, 0.717) is 22.8 Å². The van der Waals surface area contributed by atoms with Crippen LogP contribution in [-0.2, 0) is 0 Å². The van der Waals surface area contributed by atoms with Crippen LogP contribution in [0.25, 0.3) is 0 Å². The second-order valence-corrected chi connectivity index (χ2v) is 10.4. The molecular formula is C30H31N11O2. The van der Waals surface area contributed by atoms with Gasteiger partial charge in [0.2, 0.25) is 0 Å². The third kappa shape index (κ3) is 6.10. The third-order valence-corrected chi connectivity index (χ3v) is 7.49. The Bertz CT molecular complexity index is 1690. The monoisotopic (exact) mass is 577 g/mol. The molecule has 3 aromatic carbocycles. The van der Waals surface area contributed by atoms with E-state index in [2.05, 4.69) is 58.3 Å². The lowest BCUT2D eigenvalue weighted by Crippen LogP contribution is -2.29. The zero-order valence-electron chi connectivity index (χ0n) is 23.9. The molecule has 0 spiro atoms. The number of hydrogen-bond acceptors (Lipinski definition) is 11. The van der Waals surface area contributed by atoms with E-state index in [1.165, 1.54) is 16.0 Å². The van der Waals surface area contributed by atoms with Gasteiger partial charge in [-0.05, 0) is 119 Å². The number of piperidine rings is 1. The topological polar surface area (TPSA) is 156 Å². The van der Waals surface area contributed by atoms with Gasteiger partial charge in [0.15, 0.2) is 11.6 Å². The minimum absolute atomic E-state index is 0.0897. The highest BCUT2D eigenvalue weighted by Crippen LogP contribution is 2.42. The van der Waals surface area contributed by atoms with Crippen molar-refractivity contribution in [2.24, 2.45) is 10.2 Å². The van der Waals surface area contributed by atoms with Gasteiger partial charge in [0.1, 0.15) is 11.5 Å². The van der Waals surface area contributed by atoms with Gasteiger partial charge in [-0.25, -0.2) is 0 Å². The van der Waals surface area contributed by atoms with Gasteiger partial charge in [-0.15, -0.1) is 19.8 Å². The Balaban J connectivity index is 1.46. The molecule has 43 heavy (non-hydrogen) atoms. The molecule has 2 N–H and O–H groups in total. The molecule has 0 aliphatic carbocycles. The minimum Gasteiger partial charge on any atom is -0.508 e. The molecule has 5 aromatic rings. The maximum atomic E-state index is 11.2. The van der Waals surface area contributed by atoms with Gasteiger partial charge in [0, 0.05) is 35.8 Å². The number of aromatic hydroxyl groups is 2. The third-order valence-electron chi connectivity index (χ3n) is 7.49. The van der Waals surface area contributed by atoms with Gasteiger partial charge >= 0.3 is 0 Å². The lowest BCUT2D eigenvalue weighted by molar-refractivity contribution is 0.458. The van der Waals surface area contributed by atoms with Crippen molar-refractivity contribution in [3.63, 3.8) is 0 Å². The molecule has 0 amide bonds. The lowest BCUT2D eigenvalue weighted by Gasteiger charge is -2.30. The number of anilines is 1. The summed E-state index contributed by atoms with van der Waals surface area (Å²) in [6.07, 6.45) is 6.80. The summed E-state index contributed by atoms with van der Waals surface area (Å²) in [5.74, 6) is 0.751. The van der Waals surface area contributed by atoms with Crippen LogP contribution in [0, 0.1) is 13.8 Å². The van der Waals surface area contributed by atoms with Gasteiger partial charge in [-0.3, -0.25) is 0 Å². The molecule has 0 unspecified atom stereocenters. The first-order chi connectivity index (χ1) is 21.0. The predicted molar refractivity (Wildman–Crippen MR) is 161 cm³/mol. The number of aromatic nitrogens is 8. The first kappa shape index (κ1) is 27.7. The van der Waals surface area contributed by atoms with Gasteiger partial charge in [-0.1, -0.05) is 12.1 Å². The van der Waals surface area contributed by atoms with Crippen LogP contribution >= 0.6 is 0 Å². The Kier molecular flexibility index (Phi) is 7.85. The number of benzene rings is 3. The quantitative estimate of drug-likeness (QED) is 0.208. The van der Waals surface area contributed by atoms with Crippen molar-refractivity contribution in [2.45, 2.75) is 39.0 Å². The van der Waals surface area contributed by atoms with Crippen LogP contribution in [-0.4, -0.2) is 76.4 Å². The second-order valence-electron chi connectivity index (χ2n) is 10.4. The fourth-order valence-electron chi connectivity index (χ4n) is 5.26. The van der Waals surface area contributed by atoms with E-state index >= 15 is 0 Å². The smallest absolute Gasteiger partial charge is 0.173 e. The van der Waals surface area contributed by atoms with Crippen LogP contribution in [0.5, 0.6) is 11.5 Å². The van der Waals surface area contributed by atoms with E-state index < -0.39 is 5.92 Å². The van der Waals surface area contributed by atoms with Crippen molar-refractivity contribution in [2.75, 3.05) is 18.0 Å². The molecule has 6 rings (SSSR count). The maximum absolute atomic E-state index is 11.2. The molecule has 0 saturated carbocycles. The average molecular weight is 578 g/mol. The van der Waals surface area contributed by atoms with Crippen LogP contribution in [0.4, 0.5) is 5.69 Å². The minimum atomic E-state index is -0.518. The summed E-state index contributed by atoms with van der Waals surface area (Å²) in [5, 5.41) is 53.9. The van der Waals surface area contributed by atoms with Gasteiger partial charge < -0.3 is 15.1 Å². The maximum Gasteiger partial charge on any atom is 0.173 e. The lowest BCUT2D eigenvalue weighted by atomic mass is 9.82. The second kappa shape index (κ2) is 12.2. The molecule has 0 radical (unpaired) electrons. The predicted octanol–water partition coefficient (Wildman–Crippen LogP) is 3.62. The highest BCUT2D eigenvalue weighted by molar-refractivity contribution is 5.82. The van der Waals surface area contributed by atoms with E-state index in [4.69, 9.17) is 0 Å². The molecule has 13 heteroatoms. The van der Waals surface area contributed by atoms with Gasteiger partial charge in [0.25, 0.3) is 0 Å².